The van der Waals surface area contributed by atoms with Gasteiger partial charge in [0.15, 0.2) is 0 Å². The highest BCUT2D eigenvalue weighted by molar-refractivity contribution is 7.97. The lowest BCUT2D eigenvalue weighted by atomic mass is 10.1. The largest absolute Gasteiger partial charge is 0.490 e. The van der Waals surface area contributed by atoms with Gasteiger partial charge in [0.25, 0.3) is 6.47 Å². The van der Waals surface area contributed by atoms with E-state index in [0.29, 0.717) is 6.10 Å². The number of rotatable bonds is 6. The van der Waals surface area contributed by atoms with Crippen LogP contribution in [0.4, 0.5) is 0 Å². The van der Waals surface area contributed by atoms with Crippen molar-refractivity contribution >= 4 is 29.2 Å². The highest BCUT2D eigenvalue weighted by Gasteiger charge is 2.25. The van der Waals surface area contributed by atoms with Gasteiger partial charge in [-0.05, 0) is 91.2 Å². The van der Waals surface area contributed by atoms with Crippen molar-refractivity contribution in [2.75, 3.05) is 13.1 Å². The molecule has 2 fully saturated rings. The highest BCUT2D eigenvalue weighted by Crippen LogP contribution is 2.32. The molecule has 3 aromatic carbocycles. The minimum atomic E-state index is -0.250. The fourth-order valence-electron chi connectivity index (χ4n) is 4.25. The van der Waals surface area contributed by atoms with Crippen LogP contribution in [0.25, 0.3) is 10.8 Å². The molecule has 5 rings (SSSR count). The lowest BCUT2D eigenvalue weighted by Crippen LogP contribution is -2.20. The first-order valence-corrected chi connectivity index (χ1v) is 11.9. The first-order chi connectivity index (χ1) is 15.7. The summed E-state index contributed by atoms with van der Waals surface area (Å²) in [7, 11) is 0. The minimum Gasteiger partial charge on any atom is -0.490 e. The molecule has 0 bridgehead atoms. The average Bonchev–Trinajstić information content (AvgIpc) is 3.47. The molecule has 1 atom stereocenters. The van der Waals surface area contributed by atoms with E-state index in [4.69, 9.17) is 19.4 Å². The molecule has 3 aromatic rings. The van der Waals surface area contributed by atoms with Crippen molar-refractivity contribution in [3.63, 3.8) is 0 Å². The Morgan fingerprint density at radius 2 is 1.53 bits per heavy atom. The number of carbonyl (C=O) groups is 1. The Kier molecular flexibility index (Phi) is 7.91. The Hall–Kier alpha value is -2.70. The number of hydrogen-bond acceptors (Lipinski definition) is 5. The van der Waals surface area contributed by atoms with Crippen LogP contribution in [0.1, 0.15) is 32.1 Å². The van der Waals surface area contributed by atoms with Gasteiger partial charge in [-0.1, -0.05) is 30.3 Å². The fourth-order valence-corrected chi connectivity index (χ4v) is 5.29. The van der Waals surface area contributed by atoms with Crippen molar-refractivity contribution in [1.29, 1.82) is 0 Å². The summed E-state index contributed by atoms with van der Waals surface area (Å²) in [6, 6.07) is 23.3. The van der Waals surface area contributed by atoms with E-state index in [1.165, 1.54) is 41.4 Å². The second-order valence-electron chi connectivity index (χ2n) is 8.12. The lowest BCUT2D eigenvalue weighted by Gasteiger charge is -2.17. The van der Waals surface area contributed by atoms with E-state index in [2.05, 4.69) is 40.7 Å². The lowest BCUT2D eigenvalue weighted by molar-refractivity contribution is -0.122. The quantitative estimate of drug-likeness (QED) is 0.365. The molecule has 0 aromatic heterocycles. The molecular weight excluding hydrogens is 422 g/mol. The maximum Gasteiger partial charge on any atom is 0.290 e. The van der Waals surface area contributed by atoms with Crippen LogP contribution in [-0.4, -0.2) is 41.2 Å². The van der Waals surface area contributed by atoms with Gasteiger partial charge in [0.1, 0.15) is 17.6 Å². The van der Waals surface area contributed by atoms with Gasteiger partial charge in [0.2, 0.25) is 0 Å². The van der Waals surface area contributed by atoms with E-state index in [1.54, 1.807) is 0 Å². The smallest absolute Gasteiger partial charge is 0.290 e. The van der Waals surface area contributed by atoms with Crippen LogP contribution in [0.3, 0.4) is 0 Å². The van der Waals surface area contributed by atoms with Crippen molar-refractivity contribution in [3.05, 3.63) is 66.7 Å². The molecule has 1 heterocycles. The van der Waals surface area contributed by atoms with Crippen molar-refractivity contribution in [3.8, 4) is 11.5 Å². The second kappa shape index (κ2) is 11.2. The van der Waals surface area contributed by atoms with Crippen molar-refractivity contribution < 1.29 is 19.4 Å². The molecule has 0 unspecified atom stereocenters. The summed E-state index contributed by atoms with van der Waals surface area (Å²) in [5, 5.41) is 9.40. The van der Waals surface area contributed by atoms with Crippen molar-refractivity contribution in [1.82, 2.24) is 4.31 Å². The predicted molar refractivity (Wildman–Crippen MR) is 128 cm³/mol. The van der Waals surface area contributed by atoms with E-state index >= 15 is 0 Å². The summed E-state index contributed by atoms with van der Waals surface area (Å²) in [6.45, 7) is 1.75. The number of ether oxygens (including phenoxy) is 2. The molecule has 32 heavy (non-hydrogen) atoms. The third kappa shape index (κ3) is 6.17. The number of fused-ring (bicyclic) bond motifs is 1. The Morgan fingerprint density at radius 1 is 0.844 bits per heavy atom. The van der Waals surface area contributed by atoms with Gasteiger partial charge in [0, 0.05) is 18.0 Å². The first-order valence-electron chi connectivity index (χ1n) is 11.2. The van der Waals surface area contributed by atoms with Gasteiger partial charge in [-0.15, -0.1) is 0 Å². The van der Waals surface area contributed by atoms with Crippen LogP contribution >= 0.6 is 11.9 Å². The Balaban J connectivity index is 0.000000775. The van der Waals surface area contributed by atoms with E-state index < -0.39 is 0 Å². The fraction of sp³-hybridized carbons (Fsp3) is 0.346. The third-order valence-electron chi connectivity index (χ3n) is 5.78. The molecule has 0 radical (unpaired) electrons. The van der Waals surface area contributed by atoms with Crippen LogP contribution in [0.2, 0.25) is 0 Å². The molecule has 1 saturated heterocycles. The van der Waals surface area contributed by atoms with Crippen molar-refractivity contribution in [2.24, 2.45) is 0 Å². The van der Waals surface area contributed by atoms with Crippen LogP contribution in [0.15, 0.2) is 71.6 Å². The number of nitrogens with zero attached hydrogens (tertiary/aromatic N) is 1. The van der Waals surface area contributed by atoms with Gasteiger partial charge in [-0.2, -0.15) is 0 Å². The normalized spacial score (nSPS) is 18.8. The molecule has 5 nitrogen and oxygen atoms in total. The molecule has 1 N–H and O–H groups in total. The van der Waals surface area contributed by atoms with Gasteiger partial charge < -0.3 is 14.6 Å². The summed E-state index contributed by atoms with van der Waals surface area (Å²) < 4.78 is 14.7. The zero-order valence-corrected chi connectivity index (χ0v) is 18.9. The van der Waals surface area contributed by atoms with E-state index in [0.717, 1.165) is 31.0 Å². The second-order valence-corrected chi connectivity index (χ2v) is 9.29. The number of hydrogen-bond donors (Lipinski definition) is 1. The summed E-state index contributed by atoms with van der Waals surface area (Å²) >= 11 is 1.83. The predicted octanol–water partition coefficient (Wildman–Crippen LogP) is 6.02. The zero-order valence-electron chi connectivity index (χ0n) is 18.1. The monoisotopic (exact) mass is 451 g/mol. The molecule has 1 aliphatic carbocycles. The zero-order chi connectivity index (χ0) is 22.2. The van der Waals surface area contributed by atoms with Gasteiger partial charge in [-0.25, -0.2) is 4.31 Å². The van der Waals surface area contributed by atoms with Gasteiger partial charge >= 0.3 is 0 Å². The van der Waals surface area contributed by atoms with Crippen LogP contribution in [0.5, 0.6) is 11.5 Å². The minimum absolute atomic E-state index is 0.250. The molecule has 0 spiro atoms. The highest BCUT2D eigenvalue weighted by atomic mass is 32.2. The molecule has 2 aliphatic rings. The number of carboxylic acid groups (broad SMARTS) is 1. The summed E-state index contributed by atoms with van der Waals surface area (Å²) in [5.41, 5.74) is 0. The average molecular weight is 452 g/mol. The number of benzene rings is 3. The molecule has 0 amide bonds. The molecule has 6 heteroatoms. The molecule has 1 saturated carbocycles. The summed E-state index contributed by atoms with van der Waals surface area (Å²) in [5.74, 6) is 1.97. The van der Waals surface area contributed by atoms with E-state index in [9.17, 15) is 0 Å². The van der Waals surface area contributed by atoms with Crippen LogP contribution < -0.4 is 9.47 Å². The Bertz CT molecular complexity index is 1010. The van der Waals surface area contributed by atoms with Crippen LogP contribution in [0, 0.1) is 0 Å². The standard InChI is InChI=1S/C25H27NO2S.CH2O2/c1-2-6-22(7-3-1)28-24-14-15-26(18-24)29-25-13-11-19-16-23(12-10-20(19)17-25)27-21-8-4-5-9-21;2-1-3/h1-3,6-7,10-13,16-17,21,24H,4-5,8-9,14-15,18H2;1H,(H,2,3)/t24-;/m0./s1. The van der Waals surface area contributed by atoms with Gasteiger partial charge in [-0.3, -0.25) is 4.79 Å². The SMILES string of the molecule is O=CO.c1ccc(O[C@H]2CCN(Sc3ccc4cc(OC5CCCC5)ccc4c3)C2)cc1. The van der Waals surface area contributed by atoms with Crippen molar-refractivity contribution in [2.45, 2.75) is 49.2 Å². The van der Waals surface area contributed by atoms with Crippen LogP contribution in [-0.2, 0) is 4.79 Å². The Morgan fingerprint density at radius 3 is 2.31 bits per heavy atom. The maximum absolute atomic E-state index is 8.36. The number of para-hydroxylation sites is 1. The van der Waals surface area contributed by atoms with E-state index in [1.807, 2.05) is 42.3 Å². The summed E-state index contributed by atoms with van der Waals surface area (Å²) in [6.07, 6.45) is 6.72. The van der Waals surface area contributed by atoms with E-state index in [-0.39, 0.29) is 12.6 Å². The van der Waals surface area contributed by atoms with Gasteiger partial charge in [0.05, 0.1) is 6.10 Å². The first kappa shape index (κ1) is 22.5. The maximum atomic E-state index is 8.36. The Labute approximate surface area is 193 Å². The molecule has 1 aliphatic heterocycles. The molecule has 168 valence electrons. The topological polar surface area (TPSA) is 59.0 Å². The summed E-state index contributed by atoms with van der Waals surface area (Å²) in [4.78, 5) is 9.64. The third-order valence-corrected chi connectivity index (χ3v) is 6.83. The molecular formula is C26H29NO4S.